The van der Waals surface area contributed by atoms with E-state index in [1.807, 2.05) is 24.3 Å². The third kappa shape index (κ3) is 7.98. The van der Waals surface area contributed by atoms with Gasteiger partial charge in [0.25, 0.3) is 0 Å². The van der Waals surface area contributed by atoms with E-state index in [0.717, 1.165) is 53.7 Å². The van der Waals surface area contributed by atoms with Crippen molar-refractivity contribution in [2.24, 2.45) is 0 Å². The summed E-state index contributed by atoms with van der Waals surface area (Å²) < 4.78 is 49.5. The third-order valence-corrected chi connectivity index (χ3v) is 6.42. The van der Waals surface area contributed by atoms with Gasteiger partial charge in [-0.2, -0.15) is 13.2 Å². The van der Waals surface area contributed by atoms with E-state index in [1.54, 1.807) is 7.11 Å². The Labute approximate surface area is 220 Å². The molecule has 1 heterocycles. The number of likely N-dealkylation sites (tertiary alicyclic amines) is 1. The number of halogens is 3. The van der Waals surface area contributed by atoms with Gasteiger partial charge in [0, 0.05) is 12.0 Å². The molecule has 4 rings (SSSR count). The highest BCUT2D eigenvalue weighted by molar-refractivity contribution is 5.85. The molecule has 0 amide bonds. The van der Waals surface area contributed by atoms with Gasteiger partial charge in [-0.3, -0.25) is 0 Å². The van der Waals surface area contributed by atoms with Gasteiger partial charge in [-0.15, -0.1) is 0 Å². The number of allylic oxidation sites excluding steroid dienone is 2. The number of carboxylic acid groups (broad SMARTS) is 1. The Balaban J connectivity index is 0.000000505. The second-order valence-corrected chi connectivity index (χ2v) is 9.85. The van der Waals surface area contributed by atoms with Gasteiger partial charge in [0.15, 0.2) is 12.7 Å². The molecule has 206 valence electrons. The molecule has 0 radical (unpaired) electrons. The van der Waals surface area contributed by atoms with Crippen LogP contribution >= 0.6 is 0 Å². The molecule has 0 saturated carbocycles. The molecule has 2 aliphatic rings. The second kappa shape index (κ2) is 12.3. The summed E-state index contributed by atoms with van der Waals surface area (Å²) in [5.74, 6) is -1.91. The number of esters is 1. The summed E-state index contributed by atoms with van der Waals surface area (Å²) >= 11 is 0. The van der Waals surface area contributed by atoms with Crippen LogP contribution in [0.15, 0.2) is 48.5 Å². The number of aliphatic carboxylic acids is 1. The number of carbonyl (C=O) groups is 2. The average molecular weight is 536 g/mol. The smallest absolute Gasteiger partial charge is 0.430 e. The quantitative estimate of drug-likeness (QED) is 0.394. The van der Waals surface area contributed by atoms with Crippen LogP contribution < -0.4 is 14.6 Å². The van der Waals surface area contributed by atoms with Crippen molar-refractivity contribution in [2.75, 3.05) is 40.9 Å². The van der Waals surface area contributed by atoms with Crippen LogP contribution in [0.5, 0.6) is 11.5 Å². The number of nitrogens with zero attached hydrogens (tertiary/aromatic N) is 1. The van der Waals surface area contributed by atoms with E-state index in [4.69, 9.17) is 24.1 Å². The van der Waals surface area contributed by atoms with Gasteiger partial charge in [0.2, 0.25) is 0 Å². The minimum absolute atomic E-state index is 0.0310. The minimum atomic E-state index is -5.19. The molecule has 0 bridgehead atoms. The first-order chi connectivity index (χ1) is 17.9. The highest BCUT2D eigenvalue weighted by Gasteiger charge is 2.33. The van der Waals surface area contributed by atoms with Crippen molar-refractivity contribution < 1.29 is 46.6 Å². The molecular weight excluding hydrogens is 503 g/mol. The average Bonchev–Trinajstić information content (AvgIpc) is 3.52. The van der Waals surface area contributed by atoms with Crippen LogP contribution in [-0.2, 0) is 14.3 Å². The molecule has 7 nitrogen and oxygen atoms in total. The Morgan fingerprint density at radius 3 is 2.32 bits per heavy atom. The van der Waals surface area contributed by atoms with Crippen molar-refractivity contribution in [1.29, 1.82) is 0 Å². The van der Waals surface area contributed by atoms with Gasteiger partial charge in [0.1, 0.15) is 24.0 Å². The van der Waals surface area contributed by atoms with Gasteiger partial charge in [-0.05, 0) is 54.2 Å². The molecule has 0 N–H and O–H groups in total. The van der Waals surface area contributed by atoms with E-state index < -0.39 is 12.1 Å². The van der Waals surface area contributed by atoms with Crippen molar-refractivity contribution in [3.05, 3.63) is 54.1 Å². The predicted octanol–water partition coefficient (Wildman–Crippen LogP) is 4.00. The lowest BCUT2D eigenvalue weighted by Crippen LogP contribution is -2.38. The molecule has 1 saturated heterocycles. The summed E-state index contributed by atoms with van der Waals surface area (Å²) in [4.78, 5) is 21.2. The predicted molar refractivity (Wildman–Crippen MR) is 133 cm³/mol. The van der Waals surface area contributed by atoms with E-state index >= 15 is 0 Å². The maximum atomic E-state index is 12.4. The van der Waals surface area contributed by atoms with Crippen LogP contribution in [0.2, 0.25) is 0 Å². The number of ether oxygens (including phenoxy) is 3. The lowest BCUT2D eigenvalue weighted by molar-refractivity contribution is -0.879. The Kier molecular flexibility index (Phi) is 9.43. The van der Waals surface area contributed by atoms with Gasteiger partial charge >= 0.3 is 12.1 Å². The molecule has 0 spiro atoms. The molecule has 2 aromatic carbocycles. The maximum Gasteiger partial charge on any atom is 0.430 e. The molecule has 1 unspecified atom stereocenters. The molecule has 1 aliphatic heterocycles. The van der Waals surface area contributed by atoms with Crippen molar-refractivity contribution in [3.63, 3.8) is 0 Å². The number of quaternary nitrogens is 1. The van der Waals surface area contributed by atoms with Crippen LogP contribution in [0.3, 0.4) is 0 Å². The number of rotatable bonds is 7. The number of alkyl halides is 3. The summed E-state index contributed by atoms with van der Waals surface area (Å²) in [5, 5.41) is 8.78. The Hall–Kier alpha value is -3.53. The van der Waals surface area contributed by atoms with Crippen molar-refractivity contribution in [1.82, 2.24) is 0 Å². The summed E-state index contributed by atoms with van der Waals surface area (Å²) in [6.45, 7) is 1.77. The molecule has 1 aliphatic carbocycles. The SMILES string of the molecule is COc1ccc(OCC(=O)OC2CC[N+](C)(C)C2)c(-c2ccccc2C2=CCCC2)c1.O=C([O-])C(F)(F)F. The lowest BCUT2D eigenvalue weighted by Gasteiger charge is -2.23. The van der Waals surface area contributed by atoms with Gasteiger partial charge in [0.05, 0.1) is 27.7 Å². The largest absolute Gasteiger partial charge is 0.542 e. The molecule has 0 aromatic heterocycles. The van der Waals surface area contributed by atoms with Crippen molar-refractivity contribution in [2.45, 2.75) is 38.0 Å². The van der Waals surface area contributed by atoms with E-state index in [1.165, 1.54) is 17.6 Å². The Morgan fingerprint density at radius 2 is 1.76 bits per heavy atom. The number of hydrogen-bond acceptors (Lipinski definition) is 6. The normalized spacial score (nSPS) is 18.2. The van der Waals surface area contributed by atoms with Gasteiger partial charge < -0.3 is 28.6 Å². The third-order valence-electron chi connectivity index (χ3n) is 6.42. The second-order valence-electron chi connectivity index (χ2n) is 9.85. The fourth-order valence-electron chi connectivity index (χ4n) is 4.57. The summed E-state index contributed by atoms with van der Waals surface area (Å²) in [6, 6.07) is 14.1. The fourth-order valence-corrected chi connectivity index (χ4v) is 4.57. The summed E-state index contributed by atoms with van der Waals surface area (Å²) in [5.41, 5.74) is 4.60. The Bertz CT molecular complexity index is 1180. The first-order valence-electron chi connectivity index (χ1n) is 12.3. The molecule has 1 fully saturated rings. The summed E-state index contributed by atoms with van der Waals surface area (Å²) in [6.07, 6.45) is 1.38. The number of carboxylic acids is 1. The molecule has 38 heavy (non-hydrogen) atoms. The summed E-state index contributed by atoms with van der Waals surface area (Å²) in [7, 11) is 5.97. The fraction of sp³-hybridized carbons (Fsp3) is 0.429. The highest BCUT2D eigenvalue weighted by atomic mass is 19.4. The molecule has 10 heteroatoms. The van der Waals surface area contributed by atoms with Crippen LogP contribution in [0.4, 0.5) is 13.2 Å². The molecular formula is C28H32F3NO6. The monoisotopic (exact) mass is 535 g/mol. The van der Waals surface area contributed by atoms with Crippen LogP contribution in [-0.4, -0.2) is 69.6 Å². The zero-order chi connectivity index (χ0) is 27.9. The van der Waals surface area contributed by atoms with Crippen LogP contribution in [0.25, 0.3) is 16.7 Å². The van der Waals surface area contributed by atoms with Crippen molar-refractivity contribution >= 4 is 17.5 Å². The lowest BCUT2D eigenvalue weighted by atomic mass is 9.93. The van der Waals surface area contributed by atoms with Crippen molar-refractivity contribution in [3.8, 4) is 22.6 Å². The first-order valence-corrected chi connectivity index (χ1v) is 12.3. The number of likely N-dealkylation sites (N-methyl/N-ethyl adjacent to an activating group) is 1. The van der Waals surface area contributed by atoms with E-state index in [2.05, 4.69) is 38.4 Å². The van der Waals surface area contributed by atoms with E-state index in [-0.39, 0.29) is 18.7 Å². The maximum absolute atomic E-state index is 12.4. The number of hydrogen-bond donors (Lipinski definition) is 0. The zero-order valence-electron chi connectivity index (χ0n) is 21.7. The standard InChI is InChI=1S/C26H32NO4.C2HF3O2/c1-27(2)15-14-21(17-27)31-26(28)18-30-25-13-12-20(29-3)16-24(25)23-11-7-6-10-22(23)19-8-4-5-9-19;3-2(4,5)1(6)7/h6-8,10-13,16,21H,4-5,9,14-15,17-18H2,1-3H3;(H,6,7)/q+1;/p-1. The van der Waals surface area contributed by atoms with E-state index in [0.29, 0.717) is 5.75 Å². The topological polar surface area (TPSA) is 84.9 Å². The zero-order valence-corrected chi connectivity index (χ0v) is 21.7. The molecule has 1 atom stereocenters. The first kappa shape index (κ1) is 29.0. The number of methoxy groups -OCH3 is 1. The van der Waals surface area contributed by atoms with Crippen LogP contribution in [0.1, 0.15) is 31.2 Å². The van der Waals surface area contributed by atoms with Crippen LogP contribution in [0, 0.1) is 0 Å². The van der Waals surface area contributed by atoms with Gasteiger partial charge in [-0.1, -0.05) is 30.3 Å². The highest BCUT2D eigenvalue weighted by Crippen LogP contribution is 2.40. The minimum Gasteiger partial charge on any atom is -0.542 e. The molecule has 2 aromatic rings. The number of benzene rings is 2. The van der Waals surface area contributed by atoms with E-state index in [9.17, 15) is 18.0 Å². The Morgan fingerprint density at radius 1 is 1.08 bits per heavy atom. The van der Waals surface area contributed by atoms with Gasteiger partial charge in [-0.25, -0.2) is 4.79 Å². The number of carbonyl (C=O) groups excluding carboxylic acids is 2.